The summed E-state index contributed by atoms with van der Waals surface area (Å²) in [6, 6.07) is 12.7. The Bertz CT molecular complexity index is 921. The van der Waals surface area contributed by atoms with Gasteiger partial charge in [0, 0.05) is 24.5 Å². The lowest BCUT2D eigenvalue weighted by molar-refractivity contribution is 0.435. The molecular formula is C18H18N4O2. The number of aromatic nitrogens is 3. The summed E-state index contributed by atoms with van der Waals surface area (Å²) in [5.41, 5.74) is 2.22. The van der Waals surface area contributed by atoms with E-state index in [0.29, 0.717) is 17.8 Å². The number of hydrogen-bond acceptors (Lipinski definition) is 4. The van der Waals surface area contributed by atoms with Gasteiger partial charge in [0.15, 0.2) is 0 Å². The maximum absolute atomic E-state index is 12.8. The van der Waals surface area contributed by atoms with Gasteiger partial charge < -0.3 is 5.11 Å². The monoisotopic (exact) mass is 322 g/mol. The van der Waals surface area contributed by atoms with Gasteiger partial charge in [0.05, 0.1) is 5.69 Å². The third-order valence-electron chi connectivity index (χ3n) is 3.51. The van der Waals surface area contributed by atoms with E-state index in [1.54, 1.807) is 38.4 Å². The Hall–Kier alpha value is -3.15. The molecule has 0 amide bonds. The van der Waals surface area contributed by atoms with Crippen LogP contribution in [-0.2, 0) is 6.42 Å². The van der Waals surface area contributed by atoms with Crippen molar-refractivity contribution in [2.75, 3.05) is 0 Å². The number of rotatable bonds is 4. The zero-order chi connectivity index (χ0) is 17.1. The number of pyridine rings is 1. The van der Waals surface area contributed by atoms with Crippen LogP contribution >= 0.6 is 0 Å². The van der Waals surface area contributed by atoms with Crippen LogP contribution in [-0.4, -0.2) is 25.0 Å². The summed E-state index contributed by atoms with van der Waals surface area (Å²) in [4.78, 5) is 16.9. The first-order chi connectivity index (χ1) is 11.6. The SMILES string of the molecule is CC(C)=Nn1c(Cc2cccnc2)c(O)n(-c2ccccc2)c1=O. The van der Waals surface area contributed by atoms with Gasteiger partial charge in [-0.25, -0.2) is 9.36 Å². The Balaban J connectivity index is 2.20. The number of benzene rings is 1. The van der Waals surface area contributed by atoms with Crippen molar-refractivity contribution in [3.05, 3.63) is 76.6 Å². The van der Waals surface area contributed by atoms with Crippen molar-refractivity contribution >= 4 is 5.71 Å². The highest BCUT2D eigenvalue weighted by molar-refractivity contribution is 5.79. The smallest absolute Gasteiger partial charge is 0.356 e. The van der Waals surface area contributed by atoms with E-state index in [2.05, 4.69) is 10.1 Å². The molecule has 0 atom stereocenters. The number of para-hydroxylation sites is 1. The lowest BCUT2D eigenvalue weighted by Gasteiger charge is -2.04. The molecule has 0 aliphatic carbocycles. The maximum Gasteiger partial charge on any atom is 0.356 e. The lowest BCUT2D eigenvalue weighted by atomic mass is 10.1. The Morgan fingerprint density at radius 1 is 1.17 bits per heavy atom. The van der Waals surface area contributed by atoms with Crippen LogP contribution in [0.4, 0.5) is 0 Å². The summed E-state index contributed by atoms with van der Waals surface area (Å²) in [6.45, 7) is 3.61. The van der Waals surface area contributed by atoms with Crippen LogP contribution in [0.25, 0.3) is 5.69 Å². The van der Waals surface area contributed by atoms with Crippen LogP contribution in [0.15, 0.2) is 64.8 Å². The van der Waals surface area contributed by atoms with Crippen molar-refractivity contribution in [1.82, 2.24) is 14.2 Å². The van der Waals surface area contributed by atoms with Crippen LogP contribution < -0.4 is 5.69 Å². The summed E-state index contributed by atoms with van der Waals surface area (Å²) < 4.78 is 2.52. The standard InChI is InChI=1S/C18H18N4O2/c1-13(2)20-22-16(11-14-7-6-10-19-12-14)17(23)21(18(22)24)15-8-4-3-5-9-15/h3-10,12,23H,11H2,1-2H3. The van der Waals surface area contributed by atoms with Crippen LogP contribution in [0.3, 0.4) is 0 Å². The average Bonchev–Trinajstić information content (AvgIpc) is 2.80. The maximum atomic E-state index is 12.8. The number of hydrogen-bond donors (Lipinski definition) is 1. The van der Waals surface area contributed by atoms with Gasteiger partial charge >= 0.3 is 5.69 Å². The summed E-state index contributed by atoms with van der Waals surface area (Å²) >= 11 is 0. The number of imidazole rings is 1. The van der Waals surface area contributed by atoms with E-state index in [-0.39, 0.29) is 5.88 Å². The second-order valence-corrected chi connectivity index (χ2v) is 5.62. The van der Waals surface area contributed by atoms with E-state index in [1.165, 1.54) is 9.24 Å². The van der Waals surface area contributed by atoms with Crippen LogP contribution in [0.5, 0.6) is 5.88 Å². The molecule has 3 rings (SSSR count). The molecule has 0 aliphatic heterocycles. The molecule has 0 spiro atoms. The molecule has 2 aromatic heterocycles. The molecule has 2 heterocycles. The fourth-order valence-corrected chi connectivity index (χ4v) is 2.49. The molecule has 0 saturated carbocycles. The van der Waals surface area contributed by atoms with E-state index in [9.17, 15) is 9.90 Å². The summed E-state index contributed by atoms with van der Waals surface area (Å²) in [5.74, 6) is -0.111. The zero-order valence-corrected chi connectivity index (χ0v) is 13.5. The third kappa shape index (κ3) is 2.99. The van der Waals surface area contributed by atoms with Gasteiger partial charge in [-0.05, 0) is 37.6 Å². The quantitative estimate of drug-likeness (QED) is 0.750. The van der Waals surface area contributed by atoms with E-state index < -0.39 is 5.69 Å². The highest BCUT2D eigenvalue weighted by Crippen LogP contribution is 2.23. The molecular weight excluding hydrogens is 304 g/mol. The van der Waals surface area contributed by atoms with E-state index in [0.717, 1.165) is 11.3 Å². The number of nitrogens with zero attached hydrogens (tertiary/aromatic N) is 4. The topological polar surface area (TPSA) is 72.4 Å². The summed E-state index contributed by atoms with van der Waals surface area (Å²) in [5, 5.41) is 15.0. The fraction of sp³-hybridized carbons (Fsp3) is 0.167. The van der Waals surface area contributed by atoms with Gasteiger partial charge in [0.2, 0.25) is 5.88 Å². The molecule has 3 aromatic rings. The average molecular weight is 322 g/mol. The predicted octanol–water partition coefficient (Wildman–Crippen LogP) is 2.57. The van der Waals surface area contributed by atoms with E-state index >= 15 is 0 Å². The van der Waals surface area contributed by atoms with Crippen molar-refractivity contribution in [1.29, 1.82) is 0 Å². The van der Waals surface area contributed by atoms with Gasteiger partial charge in [-0.15, -0.1) is 0 Å². The highest BCUT2D eigenvalue weighted by atomic mass is 16.3. The second kappa shape index (κ2) is 6.54. The van der Waals surface area contributed by atoms with Crippen LogP contribution in [0.2, 0.25) is 0 Å². The molecule has 24 heavy (non-hydrogen) atoms. The zero-order valence-electron chi connectivity index (χ0n) is 13.5. The molecule has 0 fully saturated rings. The van der Waals surface area contributed by atoms with E-state index in [4.69, 9.17) is 0 Å². The molecule has 122 valence electrons. The first-order valence-electron chi connectivity index (χ1n) is 7.60. The minimum absolute atomic E-state index is 0.111. The Labute approximate surface area is 139 Å². The minimum atomic E-state index is -0.404. The first kappa shape index (κ1) is 15.7. The molecule has 6 nitrogen and oxygen atoms in total. The molecule has 0 bridgehead atoms. The minimum Gasteiger partial charge on any atom is -0.493 e. The highest BCUT2D eigenvalue weighted by Gasteiger charge is 2.20. The summed E-state index contributed by atoms with van der Waals surface area (Å²) in [7, 11) is 0. The third-order valence-corrected chi connectivity index (χ3v) is 3.51. The largest absolute Gasteiger partial charge is 0.493 e. The van der Waals surface area contributed by atoms with Crippen molar-refractivity contribution in [2.45, 2.75) is 20.3 Å². The lowest BCUT2D eigenvalue weighted by Crippen LogP contribution is -2.22. The van der Waals surface area contributed by atoms with E-state index in [1.807, 2.05) is 30.3 Å². The molecule has 6 heteroatoms. The molecule has 1 aromatic carbocycles. The predicted molar refractivity (Wildman–Crippen MR) is 92.9 cm³/mol. The Morgan fingerprint density at radius 2 is 1.92 bits per heavy atom. The van der Waals surface area contributed by atoms with Gasteiger partial charge in [-0.2, -0.15) is 9.78 Å². The Morgan fingerprint density at radius 3 is 2.54 bits per heavy atom. The van der Waals surface area contributed by atoms with Gasteiger partial charge in [0.1, 0.15) is 5.69 Å². The molecule has 1 N–H and O–H groups in total. The molecule has 0 radical (unpaired) electrons. The molecule has 0 aliphatic rings. The normalized spacial score (nSPS) is 10.6. The van der Waals surface area contributed by atoms with Crippen molar-refractivity contribution in [2.24, 2.45) is 5.10 Å². The molecule has 0 unspecified atom stereocenters. The second-order valence-electron chi connectivity index (χ2n) is 5.62. The van der Waals surface area contributed by atoms with Gasteiger partial charge in [-0.1, -0.05) is 24.3 Å². The van der Waals surface area contributed by atoms with Crippen LogP contribution in [0, 0.1) is 0 Å². The van der Waals surface area contributed by atoms with Crippen molar-refractivity contribution in [3.8, 4) is 11.6 Å². The van der Waals surface area contributed by atoms with Crippen molar-refractivity contribution < 1.29 is 5.11 Å². The van der Waals surface area contributed by atoms with Crippen LogP contribution in [0.1, 0.15) is 25.1 Å². The van der Waals surface area contributed by atoms with Gasteiger partial charge in [-0.3, -0.25) is 4.98 Å². The number of aromatic hydroxyl groups is 1. The fourth-order valence-electron chi connectivity index (χ4n) is 2.49. The summed E-state index contributed by atoms with van der Waals surface area (Å²) in [6.07, 6.45) is 3.74. The molecule has 0 saturated heterocycles. The van der Waals surface area contributed by atoms with Crippen molar-refractivity contribution in [3.63, 3.8) is 0 Å². The Kier molecular flexibility index (Phi) is 4.29. The first-order valence-corrected chi connectivity index (χ1v) is 7.60. The van der Waals surface area contributed by atoms with Gasteiger partial charge in [0.25, 0.3) is 0 Å².